The Kier molecular flexibility index (Phi) is 6.66. The van der Waals surface area contributed by atoms with E-state index < -0.39 is 21.1 Å². The van der Waals surface area contributed by atoms with Crippen LogP contribution >= 0.6 is 0 Å². The Labute approximate surface area is 220 Å². The third kappa shape index (κ3) is 4.98. The van der Waals surface area contributed by atoms with Crippen molar-refractivity contribution >= 4 is 28.1 Å². The lowest BCUT2D eigenvalue weighted by atomic mass is 9.96. The molecule has 5 aromatic rings. The number of hydrogen-bond donors (Lipinski definition) is 0. The van der Waals surface area contributed by atoms with E-state index in [9.17, 15) is 29.8 Å². The monoisotopic (exact) mass is 522 g/mol. The second kappa shape index (κ2) is 10.4. The number of nitro groups is 2. The molecule has 0 saturated carbocycles. The molecule has 0 aliphatic carbocycles. The summed E-state index contributed by atoms with van der Waals surface area (Å²) in [4.78, 5) is 48.6. The van der Waals surface area contributed by atoms with Gasteiger partial charge in [-0.15, -0.1) is 0 Å². The molecule has 1 heterocycles. The Hall–Kier alpha value is -5.64. The summed E-state index contributed by atoms with van der Waals surface area (Å²) in [6.07, 6.45) is 0. The number of fused-ring (bicyclic) bond motifs is 1. The molecule has 0 spiro atoms. The lowest BCUT2D eigenvalue weighted by Gasteiger charge is -2.13. The molecule has 4 aromatic carbocycles. The van der Waals surface area contributed by atoms with Crippen molar-refractivity contribution < 1.29 is 23.8 Å². The van der Waals surface area contributed by atoms with E-state index in [0.717, 1.165) is 17.7 Å². The van der Waals surface area contributed by atoms with Gasteiger partial charge in [-0.2, -0.15) is 0 Å². The first-order valence-corrected chi connectivity index (χ1v) is 11.6. The molecule has 0 bridgehead atoms. The van der Waals surface area contributed by atoms with Crippen LogP contribution < -0.4 is 10.2 Å². The predicted octanol–water partition coefficient (Wildman–Crippen LogP) is 6.09. The maximum atomic E-state index is 13.9. The summed E-state index contributed by atoms with van der Waals surface area (Å²) in [5.41, 5.74) is -0.0927. The van der Waals surface area contributed by atoms with Crippen LogP contribution in [0.5, 0.6) is 5.75 Å². The second-order valence-electron chi connectivity index (χ2n) is 8.48. The molecule has 10 nitrogen and oxygen atoms in total. The molecule has 0 aliphatic rings. The number of carbonyl (C=O) groups is 1. The number of hydrogen-bond acceptors (Lipinski definition) is 8. The summed E-state index contributed by atoms with van der Waals surface area (Å²) in [7, 11) is 0. The second-order valence-corrected chi connectivity index (χ2v) is 8.48. The zero-order valence-electron chi connectivity index (χ0n) is 20.1. The van der Waals surface area contributed by atoms with Gasteiger partial charge in [0.05, 0.1) is 9.85 Å². The summed E-state index contributed by atoms with van der Waals surface area (Å²) >= 11 is 0. The minimum atomic E-state index is -0.730. The van der Waals surface area contributed by atoms with Gasteiger partial charge in [-0.3, -0.25) is 29.8 Å². The van der Waals surface area contributed by atoms with E-state index in [0.29, 0.717) is 0 Å². The van der Waals surface area contributed by atoms with Gasteiger partial charge in [0.1, 0.15) is 34.6 Å². The number of nitrogens with zero attached hydrogens (tertiary/aromatic N) is 2. The van der Waals surface area contributed by atoms with E-state index in [2.05, 4.69) is 0 Å². The summed E-state index contributed by atoms with van der Waals surface area (Å²) in [5.74, 6) is -0.615. The maximum Gasteiger partial charge on any atom is 0.269 e. The SMILES string of the molecule is O=C(c1ccc([N+](=O)[O-])cc1)c1c(-c2ccc([N+](=O)[O-])cc2)oc2cccc(OCc3ccccc3)c2c1=O. The van der Waals surface area contributed by atoms with Crippen molar-refractivity contribution in [3.8, 4) is 17.1 Å². The van der Waals surface area contributed by atoms with Gasteiger partial charge in [0, 0.05) is 35.4 Å². The molecule has 0 radical (unpaired) electrons. The maximum absolute atomic E-state index is 13.9. The summed E-state index contributed by atoms with van der Waals surface area (Å²) < 4.78 is 12.0. The molecule has 10 heteroatoms. The van der Waals surface area contributed by atoms with Gasteiger partial charge < -0.3 is 9.15 Å². The highest BCUT2D eigenvalue weighted by Gasteiger charge is 2.26. The lowest BCUT2D eigenvalue weighted by Crippen LogP contribution is -2.18. The van der Waals surface area contributed by atoms with Gasteiger partial charge in [-0.05, 0) is 42.0 Å². The van der Waals surface area contributed by atoms with Crippen LogP contribution in [0, 0.1) is 20.2 Å². The normalized spacial score (nSPS) is 10.8. The first-order chi connectivity index (χ1) is 18.8. The summed E-state index contributed by atoms with van der Waals surface area (Å²) in [5, 5.41) is 22.2. The Morgan fingerprint density at radius 1 is 0.769 bits per heavy atom. The molecule has 0 saturated heterocycles. The molecule has 192 valence electrons. The molecule has 5 rings (SSSR count). The number of ketones is 1. The number of carbonyl (C=O) groups excluding carboxylic acids is 1. The largest absolute Gasteiger partial charge is 0.488 e. The molecular weight excluding hydrogens is 504 g/mol. The Morgan fingerprint density at radius 3 is 2.00 bits per heavy atom. The van der Waals surface area contributed by atoms with E-state index in [1.165, 1.54) is 36.4 Å². The van der Waals surface area contributed by atoms with Gasteiger partial charge in [0.15, 0.2) is 0 Å². The van der Waals surface area contributed by atoms with Crippen molar-refractivity contribution in [2.45, 2.75) is 6.61 Å². The van der Waals surface area contributed by atoms with E-state index in [-0.39, 0.29) is 57.2 Å². The van der Waals surface area contributed by atoms with Crippen molar-refractivity contribution in [2.24, 2.45) is 0 Å². The highest BCUT2D eigenvalue weighted by molar-refractivity contribution is 6.13. The average molecular weight is 522 g/mol. The van der Waals surface area contributed by atoms with Crippen LogP contribution in [0.4, 0.5) is 11.4 Å². The minimum Gasteiger partial charge on any atom is -0.488 e. The first-order valence-electron chi connectivity index (χ1n) is 11.6. The molecule has 39 heavy (non-hydrogen) atoms. The van der Waals surface area contributed by atoms with E-state index in [4.69, 9.17) is 9.15 Å². The van der Waals surface area contributed by atoms with Crippen molar-refractivity contribution in [3.63, 3.8) is 0 Å². The predicted molar refractivity (Wildman–Crippen MR) is 142 cm³/mol. The van der Waals surface area contributed by atoms with Crippen LogP contribution in [0.2, 0.25) is 0 Å². The molecule has 0 unspecified atom stereocenters. The highest BCUT2D eigenvalue weighted by atomic mass is 16.6. The van der Waals surface area contributed by atoms with Crippen LogP contribution in [0.25, 0.3) is 22.3 Å². The van der Waals surface area contributed by atoms with Gasteiger partial charge in [-0.25, -0.2) is 0 Å². The van der Waals surface area contributed by atoms with E-state index in [1.807, 2.05) is 30.3 Å². The number of benzene rings is 4. The van der Waals surface area contributed by atoms with Crippen molar-refractivity contribution in [3.05, 3.63) is 144 Å². The highest BCUT2D eigenvalue weighted by Crippen LogP contribution is 2.32. The topological polar surface area (TPSA) is 143 Å². The van der Waals surface area contributed by atoms with Gasteiger partial charge in [0.25, 0.3) is 11.4 Å². The van der Waals surface area contributed by atoms with Crippen molar-refractivity contribution in [2.75, 3.05) is 0 Å². The van der Waals surface area contributed by atoms with E-state index >= 15 is 0 Å². The summed E-state index contributed by atoms with van der Waals surface area (Å²) in [6.45, 7) is 0.162. The lowest BCUT2D eigenvalue weighted by molar-refractivity contribution is -0.385. The zero-order valence-corrected chi connectivity index (χ0v) is 20.1. The third-order valence-electron chi connectivity index (χ3n) is 6.03. The molecule has 1 aromatic heterocycles. The van der Waals surface area contributed by atoms with Crippen molar-refractivity contribution in [1.82, 2.24) is 0 Å². The number of nitro benzene ring substituents is 2. The minimum absolute atomic E-state index is 0.0260. The zero-order chi connectivity index (χ0) is 27.5. The standard InChI is InChI=1S/C29H18N2O8/c32-27(19-9-13-21(14-10-19)30(34)35)26-28(33)25-23(38-17-18-5-2-1-3-6-18)7-4-8-24(25)39-29(26)20-11-15-22(16-12-20)31(36)37/h1-16H,17H2. The third-order valence-corrected chi connectivity index (χ3v) is 6.03. The number of rotatable bonds is 8. The molecular formula is C29H18N2O8. The van der Waals surface area contributed by atoms with Crippen LogP contribution in [0.15, 0.2) is 106 Å². The van der Waals surface area contributed by atoms with Crippen LogP contribution in [0.3, 0.4) is 0 Å². The Bertz CT molecular complexity index is 1780. The fourth-order valence-corrected chi connectivity index (χ4v) is 4.09. The van der Waals surface area contributed by atoms with Gasteiger partial charge in [-0.1, -0.05) is 36.4 Å². The summed E-state index contributed by atoms with van der Waals surface area (Å²) in [6, 6.07) is 24.2. The first kappa shape index (κ1) is 25.0. The molecule has 0 aliphatic heterocycles. The Morgan fingerprint density at radius 2 is 1.38 bits per heavy atom. The number of ether oxygens (including phenoxy) is 1. The average Bonchev–Trinajstić information content (AvgIpc) is 2.96. The fraction of sp³-hybridized carbons (Fsp3) is 0.0345. The fourth-order valence-electron chi connectivity index (χ4n) is 4.09. The van der Waals surface area contributed by atoms with Gasteiger partial charge in [0.2, 0.25) is 11.2 Å². The quantitative estimate of drug-likeness (QED) is 0.135. The molecule has 0 fully saturated rings. The van der Waals surface area contributed by atoms with Gasteiger partial charge >= 0.3 is 0 Å². The molecule has 0 atom stereocenters. The smallest absolute Gasteiger partial charge is 0.269 e. The Balaban J connectivity index is 1.69. The van der Waals surface area contributed by atoms with Crippen LogP contribution in [-0.4, -0.2) is 15.6 Å². The molecule has 0 N–H and O–H groups in total. The molecule has 0 amide bonds. The number of non-ortho nitro benzene ring substituents is 2. The van der Waals surface area contributed by atoms with Crippen LogP contribution in [-0.2, 0) is 6.61 Å². The van der Waals surface area contributed by atoms with Crippen molar-refractivity contribution in [1.29, 1.82) is 0 Å². The van der Waals surface area contributed by atoms with E-state index in [1.54, 1.807) is 18.2 Å². The van der Waals surface area contributed by atoms with Crippen LogP contribution in [0.1, 0.15) is 21.5 Å².